The van der Waals surface area contributed by atoms with E-state index in [0.717, 1.165) is 0 Å². The first-order valence-electron chi connectivity index (χ1n) is 3.22. The second-order valence-electron chi connectivity index (χ2n) is 2.00. The molecule has 0 aromatic carbocycles. The van der Waals surface area contributed by atoms with Crippen molar-refractivity contribution in [2.45, 2.75) is 6.10 Å². The topological polar surface area (TPSA) is 45.9 Å². The van der Waals surface area contributed by atoms with Crippen LogP contribution in [0, 0.1) is 11.3 Å². The minimum atomic E-state index is -0.545. The fraction of sp³-hybridized carbons (Fsp3) is 0.250. The smallest absolute Gasteiger partial charge is 0.185 e. The normalized spacial score (nSPS) is 12.0. The number of rotatable bonds is 2. The fourth-order valence-electron chi connectivity index (χ4n) is 0.771. The second-order valence-corrected chi connectivity index (χ2v) is 2.00. The number of nitrogens with zero attached hydrogens (tertiary/aromatic N) is 2. The van der Waals surface area contributed by atoms with Gasteiger partial charge in [-0.3, -0.25) is 4.98 Å². The molecule has 1 atom stereocenters. The molecule has 0 radical (unpaired) electrons. The van der Waals surface area contributed by atoms with Crippen LogP contribution in [0.4, 0.5) is 0 Å². The molecular formula is C8H8N2O. The second kappa shape index (κ2) is 3.69. The maximum atomic E-state index is 8.56. The maximum Gasteiger partial charge on any atom is 0.185 e. The molecule has 3 heteroatoms. The summed E-state index contributed by atoms with van der Waals surface area (Å²) in [4.78, 5) is 3.97. The summed E-state index contributed by atoms with van der Waals surface area (Å²) in [7, 11) is 1.49. The van der Waals surface area contributed by atoms with Crippen molar-refractivity contribution in [3.05, 3.63) is 30.1 Å². The van der Waals surface area contributed by atoms with E-state index in [1.807, 2.05) is 12.1 Å². The van der Waals surface area contributed by atoms with Crippen LogP contribution in [0.1, 0.15) is 11.8 Å². The Morgan fingerprint density at radius 1 is 1.64 bits per heavy atom. The zero-order chi connectivity index (χ0) is 8.10. The highest BCUT2D eigenvalue weighted by Gasteiger charge is 2.07. The first-order chi connectivity index (χ1) is 5.38. The highest BCUT2D eigenvalue weighted by atomic mass is 16.5. The maximum absolute atomic E-state index is 8.56. The Labute approximate surface area is 65.3 Å². The van der Waals surface area contributed by atoms with Crippen LogP contribution in [0.3, 0.4) is 0 Å². The summed E-state index contributed by atoms with van der Waals surface area (Å²) in [5.41, 5.74) is 0.650. The summed E-state index contributed by atoms with van der Waals surface area (Å²) >= 11 is 0. The first-order valence-corrected chi connectivity index (χ1v) is 3.22. The first kappa shape index (κ1) is 7.70. The van der Waals surface area contributed by atoms with Gasteiger partial charge in [0.2, 0.25) is 0 Å². The Morgan fingerprint density at radius 2 is 2.45 bits per heavy atom. The van der Waals surface area contributed by atoms with E-state index in [9.17, 15) is 0 Å². The minimum Gasteiger partial charge on any atom is -0.360 e. The molecule has 0 saturated carbocycles. The molecule has 0 amide bonds. The summed E-state index contributed by atoms with van der Waals surface area (Å²) in [6, 6.07) is 7.37. The van der Waals surface area contributed by atoms with Gasteiger partial charge in [-0.1, -0.05) is 6.07 Å². The third-order valence-electron chi connectivity index (χ3n) is 1.31. The van der Waals surface area contributed by atoms with E-state index < -0.39 is 6.10 Å². The molecule has 0 aliphatic rings. The van der Waals surface area contributed by atoms with Crippen molar-refractivity contribution < 1.29 is 4.74 Å². The van der Waals surface area contributed by atoms with E-state index in [0.29, 0.717) is 5.69 Å². The van der Waals surface area contributed by atoms with Gasteiger partial charge in [0.15, 0.2) is 6.10 Å². The molecule has 1 rings (SSSR count). The van der Waals surface area contributed by atoms with Gasteiger partial charge in [-0.2, -0.15) is 5.26 Å². The molecule has 0 spiro atoms. The van der Waals surface area contributed by atoms with E-state index >= 15 is 0 Å². The number of hydrogen-bond donors (Lipinski definition) is 0. The van der Waals surface area contributed by atoms with Crippen molar-refractivity contribution in [1.29, 1.82) is 5.26 Å². The number of methoxy groups -OCH3 is 1. The van der Waals surface area contributed by atoms with E-state index in [1.165, 1.54) is 7.11 Å². The average Bonchev–Trinajstić information content (AvgIpc) is 2.09. The predicted molar refractivity (Wildman–Crippen MR) is 39.6 cm³/mol. The molecule has 0 N–H and O–H groups in total. The minimum absolute atomic E-state index is 0.545. The molecule has 1 heterocycles. The number of ether oxygens (including phenoxy) is 1. The average molecular weight is 148 g/mol. The van der Waals surface area contributed by atoms with Crippen LogP contribution >= 0.6 is 0 Å². The predicted octanol–water partition coefficient (Wildman–Crippen LogP) is 1.29. The molecule has 0 fully saturated rings. The summed E-state index contributed by atoms with van der Waals surface area (Å²) in [6.07, 6.45) is 1.09. The molecule has 0 saturated heterocycles. The Balaban J connectivity index is 2.85. The third-order valence-corrected chi connectivity index (χ3v) is 1.31. The zero-order valence-electron chi connectivity index (χ0n) is 6.19. The Bertz CT molecular complexity index is 253. The van der Waals surface area contributed by atoms with Crippen molar-refractivity contribution in [3.8, 4) is 6.07 Å². The number of hydrogen-bond acceptors (Lipinski definition) is 3. The third kappa shape index (κ3) is 1.76. The van der Waals surface area contributed by atoms with E-state index in [1.54, 1.807) is 18.3 Å². The molecule has 1 unspecified atom stereocenters. The van der Waals surface area contributed by atoms with Gasteiger partial charge in [0.1, 0.15) is 6.07 Å². The van der Waals surface area contributed by atoms with Gasteiger partial charge >= 0.3 is 0 Å². The van der Waals surface area contributed by atoms with Gasteiger partial charge in [-0.15, -0.1) is 0 Å². The lowest BCUT2D eigenvalue weighted by Gasteiger charge is -2.03. The molecule has 11 heavy (non-hydrogen) atoms. The lowest BCUT2D eigenvalue weighted by molar-refractivity contribution is 0.145. The van der Waals surface area contributed by atoms with Gasteiger partial charge in [-0.25, -0.2) is 0 Å². The molecule has 3 nitrogen and oxygen atoms in total. The van der Waals surface area contributed by atoms with Crippen LogP contribution in [-0.2, 0) is 4.74 Å². The van der Waals surface area contributed by atoms with Crippen LogP contribution < -0.4 is 0 Å². The van der Waals surface area contributed by atoms with Gasteiger partial charge in [-0.05, 0) is 12.1 Å². The van der Waals surface area contributed by atoms with Crippen LogP contribution in [0.25, 0.3) is 0 Å². The van der Waals surface area contributed by atoms with Crippen LogP contribution in [-0.4, -0.2) is 12.1 Å². The number of aromatic nitrogens is 1. The molecule has 0 bridgehead atoms. The van der Waals surface area contributed by atoms with Crippen molar-refractivity contribution in [2.75, 3.05) is 7.11 Å². The molecule has 0 aliphatic heterocycles. The number of nitriles is 1. The quantitative estimate of drug-likeness (QED) is 0.634. The molecule has 1 aromatic rings. The van der Waals surface area contributed by atoms with Crippen LogP contribution in [0.2, 0.25) is 0 Å². The summed E-state index contributed by atoms with van der Waals surface area (Å²) in [5.74, 6) is 0. The van der Waals surface area contributed by atoms with Gasteiger partial charge in [0, 0.05) is 13.3 Å². The lowest BCUT2D eigenvalue weighted by atomic mass is 10.2. The molecular weight excluding hydrogens is 140 g/mol. The fourth-order valence-corrected chi connectivity index (χ4v) is 0.771. The van der Waals surface area contributed by atoms with Crippen molar-refractivity contribution >= 4 is 0 Å². The Kier molecular flexibility index (Phi) is 2.59. The van der Waals surface area contributed by atoms with Crippen molar-refractivity contribution in [1.82, 2.24) is 4.98 Å². The SMILES string of the molecule is COC(C#N)c1ccccn1. The van der Waals surface area contributed by atoms with Crippen molar-refractivity contribution in [2.24, 2.45) is 0 Å². The molecule has 0 aliphatic carbocycles. The molecule has 1 aromatic heterocycles. The summed E-state index contributed by atoms with van der Waals surface area (Å²) < 4.78 is 4.86. The van der Waals surface area contributed by atoms with Gasteiger partial charge in [0.25, 0.3) is 0 Å². The standard InChI is InChI=1S/C8H8N2O/c1-11-8(6-9)7-4-2-3-5-10-7/h2-5,8H,1H3. The highest BCUT2D eigenvalue weighted by Crippen LogP contribution is 2.10. The zero-order valence-corrected chi connectivity index (χ0v) is 6.19. The Morgan fingerprint density at radius 3 is 2.91 bits per heavy atom. The van der Waals surface area contributed by atoms with Crippen molar-refractivity contribution in [3.63, 3.8) is 0 Å². The highest BCUT2D eigenvalue weighted by molar-refractivity contribution is 5.12. The largest absolute Gasteiger partial charge is 0.360 e. The monoisotopic (exact) mass is 148 g/mol. The summed E-state index contributed by atoms with van der Waals surface area (Å²) in [5, 5.41) is 8.56. The van der Waals surface area contributed by atoms with Gasteiger partial charge in [0.05, 0.1) is 5.69 Å². The summed E-state index contributed by atoms with van der Waals surface area (Å²) in [6.45, 7) is 0. The van der Waals surface area contributed by atoms with E-state index in [2.05, 4.69) is 4.98 Å². The van der Waals surface area contributed by atoms with E-state index in [4.69, 9.17) is 10.00 Å². The Hall–Kier alpha value is -1.40. The van der Waals surface area contributed by atoms with E-state index in [-0.39, 0.29) is 0 Å². The van der Waals surface area contributed by atoms with Crippen LogP contribution in [0.5, 0.6) is 0 Å². The van der Waals surface area contributed by atoms with Gasteiger partial charge < -0.3 is 4.74 Å². The lowest BCUT2D eigenvalue weighted by Crippen LogP contribution is -1.99. The number of pyridine rings is 1. The van der Waals surface area contributed by atoms with Crippen LogP contribution in [0.15, 0.2) is 24.4 Å². The molecule has 56 valence electrons.